The molecule has 0 heterocycles. The Kier molecular flexibility index (Phi) is 4.77. The third kappa shape index (κ3) is 4.84. The van der Waals surface area contributed by atoms with E-state index < -0.39 is 23.4 Å². The van der Waals surface area contributed by atoms with Crippen LogP contribution in [0.5, 0.6) is 0 Å². The maximum atomic E-state index is 13.7. The largest absolute Gasteiger partial charge is 0.444 e. The van der Waals surface area contributed by atoms with Crippen molar-refractivity contribution in [3.63, 3.8) is 0 Å². The van der Waals surface area contributed by atoms with Crippen LogP contribution < -0.4 is 16.4 Å². The predicted molar refractivity (Wildman–Crippen MR) is 84.7 cm³/mol. The van der Waals surface area contributed by atoms with Crippen molar-refractivity contribution < 1.29 is 18.7 Å². The molecule has 2 rings (SSSR count). The summed E-state index contributed by atoms with van der Waals surface area (Å²) in [5.41, 5.74) is 5.13. The lowest BCUT2D eigenvalue weighted by atomic mass is 9.86. The number of nitrogens with one attached hydrogen (secondary N) is 2. The van der Waals surface area contributed by atoms with Crippen LogP contribution >= 0.6 is 0 Å². The molecule has 0 bridgehead atoms. The Morgan fingerprint density at radius 3 is 2.48 bits per heavy atom. The van der Waals surface area contributed by atoms with Gasteiger partial charge < -0.3 is 21.1 Å². The molecule has 1 aliphatic carbocycles. The van der Waals surface area contributed by atoms with Gasteiger partial charge in [0.1, 0.15) is 11.4 Å². The first-order chi connectivity index (χ1) is 10.6. The molecule has 0 unspecified atom stereocenters. The molecule has 4 N–H and O–H groups in total. The highest BCUT2D eigenvalue weighted by molar-refractivity contribution is 5.93. The minimum atomic E-state index is -0.605. The Balaban J connectivity index is 1.83. The third-order valence-electron chi connectivity index (χ3n) is 3.47. The normalized spacial score (nSPS) is 20.3. The molecule has 23 heavy (non-hydrogen) atoms. The lowest BCUT2D eigenvalue weighted by molar-refractivity contribution is 0.0475. The zero-order valence-corrected chi connectivity index (χ0v) is 13.5. The summed E-state index contributed by atoms with van der Waals surface area (Å²) in [4.78, 5) is 22.8. The molecule has 1 aromatic carbocycles. The molecule has 2 amide bonds. The van der Waals surface area contributed by atoms with Crippen molar-refractivity contribution in [3.05, 3.63) is 29.6 Å². The second kappa shape index (κ2) is 6.44. The van der Waals surface area contributed by atoms with Gasteiger partial charge in [0, 0.05) is 17.6 Å². The fourth-order valence-corrected chi connectivity index (χ4v) is 2.34. The number of ether oxygens (including phenoxy) is 1. The molecular weight excluding hydrogens is 301 g/mol. The molecule has 0 aliphatic heterocycles. The van der Waals surface area contributed by atoms with Gasteiger partial charge in [-0.25, -0.2) is 9.18 Å². The number of alkyl carbamates (subject to hydrolysis) is 1. The minimum absolute atomic E-state index is 0.00951. The first-order valence-electron chi connectivity index (χ1n) is 7.49. The summed E-state index contributed by atoms with van der Waals surface area (Å²) in [6, 6.07) is 3.96. The van der Waals surface area contributed by atoms with Crippen LogP contribution in [0.2, 0.25) is 0 Å². The lowest BCUT2D eigenvalue weighted by Crippen LogP contribution is -2.50. The minimum Gasteiger partial charge on any atom is -0.444 e. The molecule has 0 atom stereocenters. The van der Waals surface area contributed by atoms with Crippen LogP contribution in [0.1, 0.15) is 44.0 Å². The molecule has 1 saturated carbocycles. The summed E-state index contributed by atoms with van der Waals surface area (Å²) in [6.45, 7) is 5.39. The van der Waals surface area contributed by atoms with Gasteiger partial charge in [-0.3, -0.25) is 4.79 Å². The van der Waals surface area contributed by atoms with Gasteiger partial charge in [-0.15, -0.1) is 0 Å². The molecular formula is C16H22FN3O3. The van der Waals surface area contributed by atoms with Gasteiger partial charge in [0.15, 0.2) is 0 Å². The van der Waals surface area contributed by atoms with Crippen molar-refractivity contribution in [1.82, 2.24) is 5.32 Å². The quantitative estimate of drug-likeness (QED) is 0.793. The van der Waals surface area contributed by atoms with Crippen molar-refractivity contribution in [3.8, 4) is 0 Å². The van der Waals surface area contributed by atoms with E-state index in [9.17, 15) is 14.0 Å². The maximum Gasteiger partial charge on any atom is 0.407 e. The number of carbonyl (C=O) groups is 2. The van der Waals surface area contributed by atoms with Crippen molar-refractivity contribution in [1.29, 1.82) is 0 Å². The number of amides is 2. The first kappa shape index (κ1) is 17.1. The Hall–Kier alpha value is -2.31. The molecule has 126 valence electrons. The average molecular weight is 323 g/mol. The molecule has 1 aliphatic rings. The summed E-state index contributed by atoms with van der Waals surface area (Å²) in [7, 11) is 0. The second-order valence-corrected chi connectivity index (χ2v) is 6.71. The lowest BCUT2D eigenvalue weighted by Gasteiger charge is -2.37. The number of carbonyl (C=O) groups excluding carboxylic acids is 2. The zero-order chi connectivity index (χ0) is 17.2. The fraction of sp³-hybridized carbons (Fsp3) is 0.500. The molecule has 1 aromatic rings. The van der Waals surface area contributed by atoms with E-state index in [2.05, 4.69) is 10.6 Å². The first-order valence-corrected chi connectivity index (χ1v) is 7.49. The Bertz CT molecular complexity index is 607. The summed E-state index contributed by atoms with van der Waals surface area (Å²) >= 11 is 0. The summed E-state index contributed by atoms with van der Waals surface area (Å²) < 4.78 is 18.9. The number of nitrogens with two attached hydrogens (primary N) is 1. The molecule has 0 saturated heterocycles. The number of hydrogen-bond donors (Lipinski definition) is 3. The molecule has 7 heteroatoms. The Morgan fingerprint density at radius 1 is 1.26 bits per heavy atom. The molecule has 0 spiro atoms. The number of halogens is 1. The van der Waals surface area contributed by atoms with Gasteiger partial charge in [0.2, 0.25) is 5.91 Å². The molecule has 1 fully saturated rings. The van der Waals surface area contributed by atoms with E-state index in [0.29, 0.717) is 12.8 Å². The number of rotatable bonds is 4. The van der Waals surface area contributed by atoms with E-state index in [4.69, 9.17) is 10.5 Å². The predicted octanol–water partition coefficient (Wildman–Crippen LogP) is 2.39. The standard InChI is InChI=1S/C16H22FN3O3/c1-16(2,3)23-15(22)20-11-7-10(8-11)19-13-6-9(14(18)21)4-5-12(13)17/h4-6,10-11,19H,7-8H2,1-3H3,(H2,18,21)(H,20,22). The van der Waals surface area contributed by atoms with Crippen LogP contribution in [-0.4, -0.2) is 29.7 Å². The summed E-state index contributed by atoms with van der Waals surface area (Å²) in [6.07, 6.45) is 0.849. The van der Waals surface area contributed by atoms with E-state index >= 15 is 0 Å². The summed E-state index contributed by atoms with van der Waals surface area (Å²) in [5.74, 6) is -1.05. The van der Waals surface area contributed by atoms with E-state index in [1.165, 1.54) is 18.2 Å². The fourth-order valence-electron chi connectivity index (χ4n) is 2.34. The van der Waals surface area contributed by atoms with Crippen molar-refractivity contribution in [2.24, 2.45) is 5.73 Å². The monoisotopic (exact) mass is 323 g/mol. The third-order valence-corrected chi connectivity index (χ3v) is 3.47. The van der Waals surface area contributed by atoms with E-state index in [1.807, 2.05) is 0 Å². The van der Waals surface area contributed by atoms with Crippen LogP contribution in [0, 0.1) is 5.82 Å². The van der Waals surface area contributed by atoms with Gasteiger partial charge in [-0.05, 0) is 51.8 Å². The van der Waals surface area contributed by atoms with Crippen molar-refractivity contribution in [2.75, 3.05) is 5.32 Å². The smallest absolute Gasteiger partial charge is 0.407 e. The molecule has 0 aromatic heterocycles. The number of anilines is 1. The van der Waals surface area contributed by atoms with E-state index in [0.717, 1.165) is 0 Å². The topological polar surface area (TPSA) is 93.4 Å². The molecule has 0 radical (unpaired) electrons. The number of hydrogen-bond acceptors (Lipinski definition) is 4. The van der Waals surface area contributed by atoms with E-state index in [1.54, 1.807) is 20.8 Å². The zero-order valence-electron chi connectivity index (χ0n) is 13.5. The number of benzene rings is 1. The van der Waals surface area contributed by atoms with Crippen molar-refractivity contribution in [2.45, 2.75) is 51.3 Å². The SMILES string of the molecule is CC(C)(C)OC(=O)NC1CC(Nc2cc(C(N)=O)ccc2F)C1. The Labute approximate surface area is 134 Å². The van der Waals surface area contributed by atoms with Crippen LogP contribution in [0.25, 0.3) is 0 Å². The maximum absolute atomic E-state index is 13.7. The van der Waals surface area contributed by atoms with Gasteiger partial charge in [0.05, 0.1) is 5.69 Å². The highest BCUT2D eigenvalue weighted by Gasteiger charge is 2.32. The van der Waals surface area contributed by atoms with Crippen molar-refractivity contribution >= 4 is 17.7 Å². The summed E-state index contributed by atoms with van der Waals surface area (Å²) in [5, 5.41) is 5.78. The van der Waals surface area contributed by atoms with Gasteiger partial charge in [-0.1, -0.05) is 0 Å². The van der Waals surface area contributed by atoms with Crippen LogP contribution in [0.15, 0.2) is 18.2 Å². The van der Waals surface area contributed by atoms with Crippen LogP contribution in [0.4, 0.5) is 14.9 Å². The Morgan fingerprint density at radius 2 is 1.91 bits per heavy atom. The van der Waals surface area contributed by atoms with Crippen LogP contribution in [-0.2, 0) is 4.74 Å². The number of primary amides is 1. The van der Waals surface area contributed by atoms with Gasteiger partial charge >= 0.3 is 6.09 Å². The van der Waals surface area contributed by atoms with E-state index in [-0.39, 0.29) is 23.3 Å². The second-order valence-electron chi connectivity index (χ2n) is 6.71. The van der Waals surface area contributed by atoms with Crippen LogP contribution in [0.3, 0.4) is 0 Å². The average Bonchev–Trinajstić information content (AvgIpc) is 2.35. The molecule has 6 nitrogen and oxygen atoms in total. The highest BCUT2D eigenvalue weighted by Crippen LogP contribution is 2.26. The van der Waals surface area contributed by atoms with Gasteiger partial charge in [-0.2, -0.15) is 0 Å². The van der Waals surface area contributed by atoms with Gasteiger partial charge in [0.25, 0.3) is 0 Å². The highest BCUT2D eigenvalue weighted by atomic mass is 19.1.